The molecule has 10 nitrogen and oxygen atoms in total. The molecule has 0 spiro atoms. The molecular weight excluding hydrogens is 733 g/mol. The van der Waals surface area contributed by atoms with Gasteiger partial charge in [-0.3, -0.25) is 0 Å². The normalized spacial score (nSPS) is 18.9. The number of ether oxygens (including phenoxy) is 4. The molecule has 0 radical (unpaired) electrons. The molecule has 8 rings (SSSR count). The van der Waals surface area contributed by atoms with Gasteiger partial charge in [0.05, 0.1) is 39.2 Å². The lowest BCUT2D eigenvalue weighted by atomic mass is 9.79. The Morgan fingerprint density at radius 2 is 1.05 bits per heavy atom. The number of fused-ring (bicyclic) bond motifs is 4. The van der Waals surface area contributed by atoms with Gasteiger partial charge < -0.3 is 50.0 Å². The molecule has 0 saturated carbocycles. The van der Waals surface area contributed by atoms with Crippen molar-refractivity contribution in [2.45, 2.75) is 78.6 Å². The molecule has 0 fully saturated rings. The van der Waals surface area contributed by atoms with E-state index in [1.807, 2.05) is 38.1 Å². The van der Waals surface area contributed by atoms with Gasteiger partial charge in [-0.15, -0.1) is 0 Å². The van der Waals surface area contributed by atoms with Crippen molar-refractivity contribution < 1.29 is 39.4 Å². The smallest absolute Gasteiger partial charge is 0.135 e. The number of nitrogens with one attached hydrogen (secondary N) is 2. The summed E-state index contributed by atoms with van der Waals surface area (Å²) in [6.07, 6.45) is 1.23. The number of hydrogen-bond acceptors (Lipinski definition) is 10. The monoisotopic (exact) mass is 784 g/mol. The van der Waals surface area contributed by atoms with E-state index in [0.29, 0.717) is 96.3 Å². The van der Waals surface area contributed by atoms with Crippen molar-refractivity contribution in [3.05, 3.63) is 81.9 Å². The van der Waals surface area contributed by atoms with Crippen molar-refractivity contribution in [2.75, 3.05) is 28.4 Å². The molecule has 0 unspecified atom stereocenters. The zero-order valence-electron chi connectivity index (χ0n) is 34.8. The summed E-state index contributed by atoms with van der Waals surface area (Å²) in [6.45, 7) is 12.3. The predicted octanol–water partition coefficient (Wildman–Crippen LogP) is 9.66. The molecule has 2 aliphatic rings. The van der Waals surface area contributed by atoms with E-state index in [1.165, 1.54) is 0 Å². The Balaban J connectivity index is 1.57. The molecule has 58 heavy (non-hydrogen) atoms. The number of aromatic hydroxyl groups is 4. The van der Waals surface area contributed by atoms with Crippen LogP contribution in [0.1, 0.15) is 73.2 Å². The quantitative estimate of drug-likeness (QED) is 0.0927. The highest BCUT2D eigenvalue weighted by molar-refractivity contribution is 6.17. The molecule has 2 aliphatic heterocycles. The topological polar surface area (TPSA) is 142 Å². The van der Waals surface area contributed by atoms with Gasteiger partial charge in [-0.05, 0) is 129 Å². The summed E-state index contributed by atoms with van der Waals surface area (Å²) in [5.74, 6) is 2.12. The van der Waals surface area contributed by atoms with Crippen molar-refractivity contribution in [3.63, 3.8) is 0 Å². The maximum absolute atomic E-state index is 12.7. The van der Waals surface area contributed by atoms with Crippen molar-refractivity contribution in [1.82, 2.24) is 10.6 Å². The number of methoxy groups -OCH3 is 4. The van der Waals surface area contributed by atoms with Crippen LogP contribution in [-0.4, -0.2) is 60.9 Å². The molecule has 2 heterocycles. The summed E-state index contributed by atoms with van der Waals surface area (Å²) >= 11 is 0. The summed E-state index contributed by atoms with van der Waals surface area (Å²) < 4.78 is 23.6. The third-order valence-corrected chi connectivity index (χ3v) is 12.2. The van der Waals surface area contributed by atoms with Gasteiger partial charge in [0, 0.05) is 69.5 Å². The SMILES string of the molecule is COc1cc(O)c(-c2cc(-c3c(C)cc(O)c4c(OC)ccc(-c5c(O)cc(OC)c6c5C[C@@H](C)N[C@@H]6C)c34)c(O)c3c(OC)cc(C)cc23)c2c1[C@@H](C)N[C@H](C)C2. The number of rotatable bonds is 7. The number of hydrogen-bond donors (Lipinski definition) is 6. The third-order valence-electron chi connectivity index (χ3n) is 12.2. The van der Waals surface area contributed by atoms with Gasteiger partial charge in [-0.2, -0.15) is 0 Å². The van der Waals surface area contributed by atoms with Crippen LogP contribution in [0.5, 0.6) is 46.0 Å². The summed E-state index contributed by atoms with van der Waals surface area (Å²) in [5.41, 5.74) is 9.06. The Kier molecular flexibility index (Phi) is 9.76. The van der Waals surface area contributed by atoms with E-state index in [1.54, 1.807) is 52.7 Å². The molecule has 6 aromatic carbocycles. The van der Waals surface area contributed by atoms with Gasteiger partial charge >= 0.3 is 0 Å². The molecule has 10 heteroatoms. The second-order valence-corrected chi connectivity index (χ2v) is 16.1. The maximum atomic E-state index is 12.7. The van der Waals surface area contributed by atoms with Crippen LogP contribution < -0.4 is 29.6 Å². The minimum atomic E-state index is -0.0704. The first kappa shape index (κ1) is 39.0. The van der Waals surface area contributed by atoms with Gasteiger partial charge in [0.2, 0.25) is 0 Å². The fourth-order valence-electron chi connectivity index (χ4n) is 10.0. The fourth-order valence-corrected chi connectivity index (χ4v) is 10.0. The van der Waals surface area contributed by atoms with Crippen molar-refractivity contribution in [3.8, 4) is 79.4 Å². The molecular formula is C48H52N2O8. The molecule has 0 saturated heterocycles. The maximum Gasteiger partial charge on any atom is 0.135 e. The van der Waals surface area contributed by atoms with Crippen molar-refractivity contribution >= 4 is 21.5 Å². The number of aryl methyl sites for hydroxylation is 2. The highest BCUT2D eigenvalue weighted by Gasteiger charge is 2.34. The molecule has 0 aliphatic carbocycles. The average molecular weight is 785 g/mol. The van der Waals surface area contributed by atoms with Crippen LogP contribution in [-0.2, 0) is 12.8 Å². The first-order chi connectivity index (χ1) is 27.7. The summed E-state index contributed by atoms with van der Waals surface area (Å²) in [6, 6.07) is 14.6. The highest BCUT2D eigenvalue weighted by atomic mass is 16.5. The van der Waals surface area contributed by atoms with Gasteiger partial charge in [-0.25, -0.2) is 0 Å². The Bertz CT molecular complexity index is 2670. The molecule has 302 valence electrons. The Hall–Kier alpha value is -5.84. The van der Waals surface area contributed by atoms with Crippen molar-refractivity contribution in [1.29, 1.82) is 0 Å². The molecule has 6 aromatic rings. The molecule has 4 atom stereocenters. The van der Waals surface area contributed by atoms with E-state index in [9.17, 15) is 20.4 Å². The van der Waals surface area contributed by atoms with Crippen LogP contribution >= 0.6 is 0 Å². The van der Waals surface area contributed by atoms with Gasteiger partial charge in [0.25, 0.3) is 0 Å². The predicted molar refractivity (Wildman–Crippen MR) is 230 cm³/mol. The zero-order chi connectivity index (χ0) is 41.5. The van der Waals surface area contributed by atoms with E-state index < -0.39 is 0 Å². The van der Waals surface area contributed by atoms with Crippen LogP contribution in [0.2, 0.25) is 0 Å². The van der Waals surface area contributed by atoms with Crippen LogP contribution in [0.25, 0.3) is 54.9 Å². The number of phenolic OH excluding ortho intramolecular Hbond substituents is 4. The van der Waals surface area contributed by atoms with Crippen LogP contribution in [0.3, 0.4) is 0 Å². The van der Waals surface area contributed by atoms with E-state index in [2.05, 4.69) is 38.3 Å². The van der Waals surface area contributed by atoms with E-state index in [-0.39, 0.29) is 47.2 Å². The largest absolute Gasteiger partial charge is 0.507 e. The van der Waals surface area contributed by atoms with E-state index >= 15 is 0 Å². The van der Waals surface area contributed by atoms with Gasteiger partial charge in [-0.1, -0.05) is 6.07 Å². The molecule has 0 aromatic heterocycles. The first-order valence-electron chi connectivity index (χ1n) is 19.8. The first-order valence-corrected chi connectivity index (χ1v) is 19.8. The standard InChI is InChI=1S/C48H52N2O8/c1-21-13-28-29(44-31-17-24(4)50-26(6)42(31)39(58-10)20-35(44)53)18-32(48(54)45(28)37(14-21)56-8)40-22(2)15-33(51)47-36(55-7)12-11-27(46(40)47)43-30-16-23(3)49-25(5)41(30)38(57-9)19-34(43)52/h11-15,18-20,23-26,49-54H,16-17H2,1-10H3/t23-,24-,25-,26-/m1/s1. The highest BCUT2D eigenvalue weighted by Crippen LogP contribution is 2.56. The number of phenols is 4. The van der Waals surface area contributed by atoms with Gasteiger partial charge in [0.1, 0.15) is 46.0 Å². The molecule has 0 bridgehead atoms. The Morgan fingerprint density at radius 3 is 1.59 bits per heavy atom. The lowest BCUT2D eigenvalue weighted by molar-refractivity contribution is 0.376. The van der Waals surface area contributed by atoms with E-state index in [0.717, 1.165) is 27.8 Å². The molecule has 0 amide bonds. The summed E-state index contributed by atoms with van der Waals surface area (Å²) in [5, 5.41) is 58.1. The minimum Gasteiger partial charge on any atom is -0.507 e. The minimum absolute atomic E-state index is 0.00808. The summed E-state index contributed by atoms with van der Waals surface area (Å²) in [7, 11) is 6.36. The second-order valence-electron chi connectivity index (χ2n) is 16.1. The third kappa shape index (κ3) is 5.91. The van der Waals surface area contributed by atoms with Crippen LogP contribution in [0, 0.1) is 13.8 Å². The fraction of sp³-hybridized carbons (Fsp3) is 0.333. The van der Waals surface area contributed by atoms with E-state index in [4.69, 9.17) is 18.9 Å². The lowest BCUT2D eigenvalue weighted by Gasteiger charge is -2.33. The zero-order valence-corrected chi connectivity index (χ0v) is 34.8. The Morgan fingerprint density at radius 1 is 0.517 bits per heavy atom. The van der Waals surface area contributed by atoms with Crippen LogP contribution in [0.15, 0.2) is 48.5 Å². The summed E-state index contributed by atoms with van der Waals surface area (Å²) in [4.78, 5) is 0. The van der Waals surface area contributed by atoms with Crippen molar-refractivity contribution in [2.24, 2.45) is 0 Å². The van der Waals surface area contributed by atoms with Crippen LogP contribution in [0.4, 0.5) is 0 Å². The lowest BCUT2D eigenvalue weighted by Crippen LogP contribution is -2.36. The number of benzene rings is 6. The second kappa shape index (κ2) is 14.5. The van der Waals surface area contributed by atoms with Gasteiger partial charge in [0.15, 0.2) is 0 Å². The average Bonchev–Trinajstić information content (AvgIpc) is 3.17. The molecule has 6 N–H and O–H groups in total. The Labute approximate surface area is 339 Å².